The summed E-state index contributed by atoms with van der Waals surface area (Å²) in [6.07, 6.45) is 0.850. The number of hydrogen-bond acceptors (Lipinski definition) is 3. The lowest BCUT2D eigenvalue weighted by atomic mass is 10.0. The zero-order valence-electron chi connectivity index (χ0n) is 10.9. The molecule has 2 nitrogen and oxygen atoms in total. The van der Waals surface area contributed by atoms with Crippen molar-refractivity contribution in [3.63, 3.8) is 0 Å². The van der Waals surface area contributed by atoms with E-state index in [1.54, 1.807) is 17.4 Å². The third kappa shape index (κ3) is 4.18. The maximum absolute atomic E-state index is 6.08. The molecule has 1 N–H and O–H groups in total. The van der Waals surface area contributed by atoms with E-state index in [1.165, 1.54) is 0 Å². The van der Waals surface area contributed by atoms with Gasteiger partial charge in [-0.15, -0.1) is 11.3 Å². The fourth-order valence-electron chi connectivity index (χ4n) is 2.00. The van der Waals surface area contributed by atoms with Crippen molar-refractivity contribution in [2.45, 2.75) is 26.3 Å². The van der Waals surface area contributed by atoms with Crippen LogP contribution in [0, 0.1) is 6.92 Å². The molecule has 19 heavy (non-hydrogen) atoms. The first-order valence-corrected chi connectivity index (χ1v) is 7.82. The number of likely N-dealkylation sites (N-methyl/N-ethyl adjacent to an activating group) is 1. The molecule has 1 atom stereocenters. The number of thiazole rings is 1. The van der Waals surface area contributed by atoms with Crippen LogP contribution in [0.2, 0.25) is 10.0 Å². The van der Waals surface area contributed by atoms with E-state index in [4.69, 9.17) is 23.2 Å². The van der Waals surface area contributed by atoms with Crippen LogP contribution in [0.1, 0.15) is 29.2 Å². The fourth-order valence-corrected chi connectivity index (χ4v) is 3.36. The molecule has 0 bridgehead atoms. The third-order valence-electron chi connectivity index (χ3n) is 2.78. The molecular formula is C14H16Cl2N2S. The number of aromatic nitrogens is 1. The summed E-state index contributed by atoms with van der Waals surface area (Å²) in [6, 6.07) is 5.86. The highest BCUT2D eigenvalue weighted by Crippen LogP contribution is 2.26. The highest BCUT2D eigenvalue weighted by atomic mass is 35.5. The highest BCUT2D eigenvalue weighted by molar-refractivity contribution is 7.09. The summed E-state index contributed by atoms with van der Waals surface area (Å²) >= 11 is 13.8. The molecular weight excluding hydrogens is 299 g/mol. The van der Waals surface area contributed by atoms with Gasteiger partial charge in [0.25, 0.3) is 0 Å². The van der Waals surface area contributed by atoms with Crippen molar-refractivity contribution in [1.29, 1.82) is 0 Å². The van der Waals surface area contributed by atoms with E-state index in [1.807, 2.05) is 19.1 Å². The summed E-state index contributed by atoms with van der Waals surface area (Å²) in [6.45, 7) is 4.99. The minimum atomic E-state index is 0.187. The lowest BCUT2D eigenvalue weighted by Gasteiger charge is -2.17. The Morgan fingerprint density at radius 2 is 1.95 bits per heavy atom. The maximum atomic E-state index is 6.08. The second kappa shape index (κ2) is 6.71. The van der Waals surface area contributed by atoms with Crippen LogP contribution in [0.5, 0.6) is 0 Å². The van der Waals surface area contributed by atoms with Gasteiger partial charge in [-0.05, 0) is 37.2 Å². The lowest BCUT2D eigenvalue weighted by Crippen LogP contribution is -2.23. The highest BCUT2D eigenvalue weighted by Gasteiger charge is 2.14. The molecule has 1 heterocycles. The van der Waals surface area contributed by atoms with E-state index in [-0.39, 0.29) is 6.04 Å². The van der Waals surface area contributed by atoms with Gasteiger partial charge < -0.3 is 5.32 Å². The van der Waals surface area contributed by atoms with E-state index in [0.29, 0.717) is 10.0 Å². The predicted molar refractivity (Wildman–Crippen MR) is 83.4 cm³/mol. The number of benzene rings is 1. The fraction of sp³-hybridized carbons (Fsp3) is 0.357. The smallest absolute Gasteiger partial charge is 0.0947 e. The van der Waals surface area contributed by atoms with Crippen molar-refractivity contribution in [1.82, 2.24) is 10.3 Å². The molecule has 1 aromatic heterocycles. The average molecular weight is 315 g/mol. The molecule has 102 valence electrons. The van der Waals surface area contributed by atoms with E-state index < -0.39 is 0 Å². The first-order valence-electron chi connectivity index (χ1n) is 6.19. The van der Waals surface area contributed by atoms with Crippen molar-refractivity contribution in [3.05, 3.63) is 49.9 Å². The van der Waals surface area contributed by atoms with Crippen LogP contribution in [0.3, 0.4) is 0 Å². The Kier molecular flexibility index (Phi) is 5.22. The zero-order chi connectivity index (χ0) is 13.8. The number of hydrogen-bond donors (Lipinski definition) is 1. The van der Waals surface area contributed by atoms with Crippen LogP contribution < -0.4 is 5.32 Å². The van der Waals surface area contributed by atoms with Crippen molar-refractivity contribution >= 4 is 34.5 Å². The molecule has 1 aromatic carbocycles. The number of rotatable bonds is 5. The van der Waals surface area contributed by atoms with Crippen LogP contribution in [-0.2, 0) is 6.42 Å². The molecule has 2 aromatic rings. The van der Waals surface area contributed by atoms with Crippen molar-refractivity contribution < 1.29 is 0 Å². The molecule has 0 fully saturated rings. The van der Waals surface area contributed by atoms with E-state index in [2.05, 4.69) is 22.6 Å². The van der Waals surface area contributed by atoms with Gasteiger partial charge in [0.05, 0.1) is 5.01 Å². The van der Waals surface area contributed by atoms with Crippen molar-refractivity contribution in [3.8, 4) is 0 Å². The second-order valence-electron chi connectivity index (χ2n) is 4.40. The lowest BCUT2D eigenvalue weighted by molar-refractivity contribution is 0.548. The number of halogens is 2. The van der Waals surface area contributed by atoms with Crippen LogP contribution >= 0.6 is 34.5 Å². The summed E-state index contributed by atoms with van der Waals surface area (Å²) in [7, 11) is 0. The van der Waals surface area contributed by atoms with Gasteiger partial charge in [-0.3, -0.25) is 0 Å². The van der Waals surface area contributed by atoms with Crippen molar-refractivity contribution in [2.24, 2.45) is 0 Å². The Hall–Kier alpha value is -0.610. The van der Waals surface area contributed by atoms with Crippen LogP contribution in [0.15, 0.2) is 23.6 Å². The quantitative estimate of drug-likeness (QED) is 0.868. The van der Waals surface area contributed by atoms with Gasteiger partial charge in [0.1, 0.15) is 0 Å². The van der Waals surface area contributed by atoms with Gasteiger partial charge in [-0.2, -0.15) is 0 Å². The molecule has 5 heteroatoms. The standard InChI is InChI=1S/C14H16Cl2N2S/c1-3-17-13(7-14-18-9(2)8-19-14)10-4-11(15)6-12(16)5-10/h4-6,8,13,17H,3,7H2,1-2H3. The Morgan fingerprint density at radius 3 is 2.47 bits per heavy atom. The van der Waals surface area contributed by atoms with Gasteiger partial charge in [0.15, 0.2) is 0 Å². The molecule has 0 saturated heterocycles. The molecule has 0 saturated carbocycles. The topological polar surface area (TPSA) is 24.9 Å². The normalized spacial score (nSPS) is 12.6. The molecule has 0 spiro atoms. The number of nitrogens with zero attached hydrogens (tertiary/aromatic N) is 1. The minimum absolute atomic E-state index is 0.187. The number of aryl methyl sites for hydroxylation is 1. The molecule has 0 amide bonds. The summed E-state index contributed by atoms with van der Waals surface area (Å²) in [5.74, 6) is 0. The zero-order valence-corrected chi connectivity index (χ0v) is 13.2. The molecule has 0 aliphatic rings. The van der Waals surface area contributed by atoms with Gasteiger partial charge in [-0.1, -0.05) is 30.1 Å². The van der Waals surface area contributed by atoms with Crippen LogP contribution in [0.25, 0.3) is 0 Å². The third-order valence-corrected chi connectivity index (χ3v) is 4.21. The van der Waals surface area contributed by atoms with Crippen LogP contribution in [-0.4, -0.2) is 11.5 Å². The molecule has 1 unspecified atom stereocenters. The number of nitrogens with one attached hydrogen (secondary N) is 1. The van der Waals surface area contributed by atoms with E-state index >= 15 is 0 Å². The van der Waals surface area contributed by atoms with Gasteiger partial charge >= 0.3 is 0 Å². The Morgan fingerprint density at radius 1 is 1.26 bits per heavy atom. The summed E-state index contributed by atoms with van der Waals surface area (Å²) < 4.78 is 0. The van der Waals surface area contributed by atoms with Gasteiger partial charge in [-0.25, -0.2) is 4.98 Å². The monoisotopic (exact) mass is 314 g/mol. The molecule has 2 rings (SSSR count). The molecule has 0 radical (unpaired) electrons. The first kappa shape index (κ1) is 14.8. The second-order valence-corrected chi connectivity index (χ2v) is 6.22. The van der Waals surface area contributed by atoms with Gasteiger partial charge in [0.2, 0.25) is 0 Å². The summed E-state index contributed by atoms with van der Waals surface area (Å²) in [4.78, 5) is 4.52. The van der Waals surface area contributed by atoms with E-state index in [9.17, 15) is 0 Å². The molecule has 0 aliphatic carbocycles. The first-order chi connectivity index (χ1) is 9.08. The maximum Gasteiger partial charge on any atom is 0.0947 e. The minimum Gasteiger partial charge on any atom is -0.310 e. The summed E-state index contributed by atoms with van der Waals surface area (Å²) in [5, 5.41) is 7.99. The van der Waals surface area contributed by atoms with Crippen molar-refractivity contribution in [2.75, 3.05) is 6.54 Å². The van der Waals surface area contributed by atoms with Gasteiger partial charge in [0, 0.05) is 33.6 Å². The SMILES string of the molecule is CCNC(Cc1nc(C)cs1)c1cc(Cl)cc(Cl)c1. The van der Waals surface area contributed by atoms with Crippen LogP contribution in [0.4, 0.5) is 0 Å². The predicted octanol–water partition coefficient (Wildman–Crippen LogP) is 4.65. The Balaban J connectivity index is 2.23. The Labute approximate surface area is 127 Å². The van der Waals surface area contributed by atoms with E-state index in [0.717, 1.165) is 29.2 Å². The largest absolute Gasteiger partial charge is 0.310 e. The summed E-state index contributed by atoms with van der Waals surface area (Å²) in [5.41, 5.74) is 2.17. The Bertz CT molecular complexity index is 534. The molecule has 0 aliphatic heterocycles. The average Bonchev–Trinajstić information content (AvgIpc) is 2.73.